The highest BCUT2D eigenvalue weighted by atomic mass is 16.7. The molecular formula is C65H125NO8. The molecule has 0 radical (unpaired) electrons. The zero-order valence-corrected chi connectivity index (χ0v) is 48.9. The summed E-state index contributed by atoms with van der Waals surface area (Å²) in [4.78, 5) is 13.0. The number of ether oxygens (including phenoxy) is 2. The predicted molar refractivity (Wildman–Crippen MR) is 314 cm³/mol. The molecule has 0 spiro atoms. The van der Waals surface area contributed by atoms with E-state index >= 15 is 0 Å². The van der Waals surface area contributed by atoms with Crippen LogP contribution in [0.2, 0.25) is 0 Å². The Kier molecular flexibility index (Phi) is 52.5. The third-order valence-electron chi connectivity index (χ3n) is 15.8. The second kappa shape index (κ2) is 55.0. The van der Waals surface area contributed by atoms with Gasteiger partial charge in [-0.05, 0) is 44.9 Å². The van der Waals surface area contributed by atoms with Gasteiger partial charge in [0.25, 0.3) is 0 Å². The van der Waals surface area contributed by atoms with Crippen molar-refractivity contribution in [1.82, 2.24) is 5.32 Å². The topological polar surface area (TPSA) is 149 Å². The first-order valence-corrected chi connectivity index (χ1v) is 32.5. The third kappa shape index (κ3) is 43.6. The molecule has 0 aromatic rings. The van der Waals surface area contributed by atoms with Crippen LogP contribution in [0.4, 0.5) is 0 Å². The second-order valence-electron chi connectivity index (χ2n) is 22.9. The molecular weight excluding hydrogens is 923 g/mol. The van der Waals surface area contributed by atoms with Crippen molar-refractivity contribution >= 4 is 5.91 Å². The molecule has 7 atom stereocenters. The van der Waals surface area contributed by atoms with Crippen LogP contribution >= 0.6 is 0 Å². The fraction of sp³-hybridized carbons (Fsp3) is 0.923. The Balaban J connectivity index is 1.96. The smallest absolute Gasteiger partial charge is 0.220 e. The molecule has 1 aliphatic heterocycles. The highest BCUT2D eigenvalue weighted by Gasteiger charge is 2.44. The Morgan fingerprint density at radius 2 is 0.797 bits per heavy atom. The van der Waals surface area contributed by atoms with Gasteiger partial charge in [-0.3, -0.25) is 4.79 Å². The minimum atomic E-state index is -1.55. The average molecular weight is 1050 g/mol. The van der Waals surface area contributed by atoms with Crippen LogP contribution in [0, 0.1) is 0 Å². The largest absolute Gasteiger partial charge is 0.394 e. The molecule has 0 aromatic heterocycles. The predicted octanol–water partition coefficient (Wildman–Crippen LogP) is 16.9. The molecule has 9 heteroatoms. The summed E-state index contributed by atoms with van der Waals surface area (Å²) < 4.78 is 11.3. The van der Waals surface area contributed by atoms with E-state index in [0.29, 0.717) is 12.8 Å². The monoisotopic (exact) mass is 1050 g/mol. The fourth-order valence-corrected chi connectivity index (χ4v) is 10.7. The van der Waals surface area contributed by atoms with Gasteiger partial charge in [-0.2, -0.15) is 0 Å². The number of nitrogens with one attached hydrogen (secondary N) is 1. The third-order valence-corrected chi connectivity index (χ3v) is 15.8. The van der Waals surface area contributed by atoms with E-state index in [-0.39, 0.29) is 12.5 Å². The lowest BCUT2D eigenvalue weighted by atomic mass is 9.99. The lowest BCUT2D eigenvalue weighted by Crippen LogP contribution is -2.60. The van der Waals surface area contributed by atoms with E-state index in [0.717, 1.165) is 44.9 Å². The standard InChI is InChI=1S/C65H125NO8/c1-3-5-7-9-11-13-15-16-17-18-19-20-21-22-23-24-25-26-27-28-29-30-31-32-33-34-35-36-37-38-39-40-41-42-43-44-45-47-49-51-53-55-61(69)66-58(57-73-65-64(72)63(71)62(70)60(56-67)74-65)59(68)54-52-50-48-46-14-12-10-8-6-4-2/h15-16,18-19,58-60,62-65,67-68,70-72H,3-14,17,20-57H2,1-2H3,(H,66,69)/b16-15-,19-18-. The molecule has 1 rings (SSSR count). The maximum Gasteiger partial charge on any atom is 0.220 e. The molecule has 1 aliphatic rings. The van der Waals surface area contributed by atoms with Gasteiger partial charge in [-0.15, -0.1) is 0 Å². The number of carbonyl (C=O) groups excluding carboxylic acids is 1. The van der Waals surface area contributed by atoms with Crippen molar-refractivity contribution in [3.8, 4) is 0 Å². The Hall–Kier alpha value is -1.33. The number of hydrogen-bond donors (Lipinski definition) is 6. The van der Waals surface area contributed by atoms with Gasteiger partial charge in [-0.25, -0.2) is 0 Å². The molecule has 6 N–H and O–H groups in total. The number of aliphatic hydroxyl groups excluding tert-OH is 5. The van der Waals surface area contributed by atoms with E-state index in [1.807, 2.05) is 0 Å². The minimum absolute atomic E-state index is 0.133. The summed E-state index contributed by atoms with van der Waals surface area (Å²) in [5, 5.41) is 54.5. The number of amides is 1. The van der Waals surface area contributed by atoms with E-state index in [2.05, 4.69) is 43.5 Å². The van der Waals surface area contributed by atoms with Crippen LogP contribution in [-0.4, -0.2) is 87.5 Å². The van der Waals surface area contributed by atoms with Gasteiger partial charge in [0.2, 0.25) is 5.91 Å². The second-order valence-corrected chi connectivity index (χ2v) is 22.9. The highest BCUT2D eigenvalue weighted by Crippen LogP contribution is 2.24. The Labute approximate surface area is 458 Å². The Morgan fingerprint density at radius 3 is 1.16 bits per heavy atom. The van der Waals surface area contributed by atoms with Gasteiger partial charge in [0.05, 0.1) is 25.4 Å². The molecule has 7 unspecified atom stereocenters. The summed E-state index contributed by atoms with van der Waals surface area (Å²) in [6.07, 6.45) is 64.2. The zero-order valence-electron chi connectivity index (χ0n) is 48.9. The molecule has 1 fully saturated rings. The number of rotatable bonds is 57. The number of hydrogen-bond acceptors (Lipinski definition) is 8. The average Bonchev–Trinajstić information content (AvgIpc) is 3.40. The van der Waals surface area contributed by atoms with Gasteiger partial charge in [-0.1, -0.05) is 301 Å². The van der Waals surface area contributed by atoms with Crippen LogP contribution < -0.4 is 5.32 Å². The van der Waals surface area contributed by atoms with Crippen molar-refractivity contribution in [3.05, 3.63) is 24.3 Å². The summed E-state index contributed by atoms with van der Waals surface area (Å²) in [6, 6.07) is -0.714. The normalized spacial score (nSPS) is 19.0. The number of carbonyl (C=O) groups is 1. The molecule has 1 heterocycles. The summed E-state index contributed by atoms with van der Waals surface area (Å²) >= 11 is 0. The van der Waals surface area contributed by atoms with E-state index in [1.165, 1.54) is 257 Å². The van der Waals surface area contributed by atoms with Crippen LogP contribution in [0.5, 0.6) is 0 Å². The van der Waals surface area contributed by atoms with Crippen molar-refractivity contribution in [1.29, 1.82) is 0 Å². The van der Waals surface area contributed by atoms with Crippen LogP contribution in [-0.2, 0) is 14.3 Å². The number of unbranched alkanes of at least 4 members (excludes halogenated alkanes) is 43. The molecule has 1 saturated heterocycles. The van der Waals surface area contributed by atoms with Crippen molar-refractivity contribution < 1.29 is 39.8 Å². The molecule has 0 saturated carbocycles. The van der Waals surface area contributed by atoms with E-state index in [4.69, 9.17) is 9.47 Å². The van der Waals surface area contributed by atoms with Crippen LogP contribution in [0.15, 0.2) is 24.3 Å². The molecule has 1 amide bonds. The maximum atomic E-state index is 13.0. The molecule has 9 nitrogen and oxygen atoms in total. The van der Waals surface area contributed by atoms with Gasteiger partial charge >= 0.3 is 0 Å². The SMILES string of the molecule is CCCCCCC/C=C\C/C=C\CCCCCCCCCCCCCCCCCCCCCCCCCCCCCCCC(=O)NC(COC1OC(CO)C(O)C(O)C1O)C(O)CCCCCCCCCCCC. The Bertz CT molecular complexity index is 1210. The molecule has 438 valence electrons. The van der Waals surface area contributed by atoms with Crippen molar-refractivity contribution in [2.45, 2.75) is 371 Å². The van der Waals surface area contributed by atoms with E-state index in [9.17, 15) is 30.3 Å². The van der Waals surface area contributed by atoms with Gasteiger partial charge in [0, 0.05) is 6.42 Å². The van der Waals surface area contributed by atoms with Crippen LogP contribution in [0.25, 0.3) is 0 Å². The van der Waals surface area contributed by atoms with Gasteiger partial charge in [0.15, 0.2) is 6.29 Å². The molecule has 0 aliphatic carbocycles. The molecule has 0 bridgehead atoms. The van der Waals surface area contributed by atoms with Crippen molar-refractivity contribution in [2.75, 3.05) is 13.2 Å². The summed E-state index contributed by atoms with van der Waals surface area (Å²) in [7, 11) is 0. The maximum absolute atomic E-state index is 13.0. The molecule has 74 heavy (non-hydrogen) atoms. The number of allylic oxidation sites excluding steroid dienone is 4. The van der Waals surface area contributed by atoms with E-state index in [1.54, 1.807) is 0 Å². The first kappa shape index (κ1) is 70.7. The summed E-state index contributed by atoms with van der Waals surface area (Å²) in [5.41, 5.74) is 0. The highest BCUT2D eigenvalue weighted by molar-refractivity contribution is 5.76. The first-order valence-electron chi connectivity index (χ1n) is 32.5. The van der Waals surface area contributed by atoms with E-state index < -0.39 is 49.5 Å². The molecule has 0 aromatic carbocycles. The van der Waals surface area contributed by atoms with Crippen LogP contribution in [0.3, 0.4) is 0 Å². The lowest BCUT2D eigenvalue weighted by Gasteiger charge is -2.40. The number of aliphatic hydroxyl groups is 5. The van der Waals surface area contributed by atoms with Crippen LogP contribution in [0.1, 0.15) is 328 Å². The Morgan fingerprint density at radius 1 is 0.459 bits per heavy atom. The summed E-state index contributed by atoms with van der Waals surface area (Å²) in [5.74, 6) is -0.139. The summed E-state index contributed by atoms with van der Waals surface area (Å²) in [6.45, 7) is 3.83. The van der Waals surface area contributed by atoms with Crippen molar-refractivity contribution in [3.63, 3.8) is 0 Å². The quantitative estimate of drug-likeness (QED) is 0.0261. The minimum Gasteiger partial charge on any atom is -0.394 e. The van der Waals surface area contributed by atoms with Gasteiger partial charge < -0.3 is 40.3 Å². The fourth-order valence-electron chi connectivity index (χ4n) is 10.7. The zero-order chi connectivity index (χ0) is 53.6. The lowest BCUT2D eigenvalue weighted by molar-refractivity contribution is -0.302. The first-order chi connectivity index (χ1) is 36.3. The van der Waals surface area contributed by atoms with Gasteiger partial charge in [0.1, 0.15) is 24.4 Å². The van der Waals surface area contributed by atoms with Crippen molar-refractivity contribution in [2.24, 2.45) is 0 Å².